The topological polar surface area (TPSA) is 76.2 Å². The summed E-state index contributed by atoms with van der Waals surface area (Å²) in [6, 6.07) is 5.03. The Labute approximate surface area is 134 Å². The lowest BCUT2D eigenvalue weighted by molar-refractivity contribution is -0.144. The van der Waals surface area contributed by atoms with Crippen molar-refractivity contribution in [2.45, 2.75) is 23.3 Å². The summed E-state index contributed by atoms with van der Waals surface area (Å²) in [5.74, 6) is -0.671. The molecule has 0 aliphatic heterocycles. The molecule has 1 N–H and O–H groups in total. The van der Waals surface area contributed by atoms with Crippen LogP contribution in [0, 0.1) is 5.92 Å². The van der Waals surface area contributed by atoms with Crippen LogP contribution in [0.15, 0.2) is 27.8 Å². The smallest absolute Gasteiger partial charge is 0.306 e. The van der Waals surface area contributed by atoms with Gasteiger partial charge in [0.2, 0.25) is 5.89 Å². The summed E-state index contributed by atoms with van der Waals surface area (Å²) in [6.07, 6.45) is 1.25. The zero-order valence-electron chi connectivity index (χ0n) is 10.6. The van der Waals surface area contributed by atoms with Gasteiger partial charge in [-0.1, -0.05) is 35.0 Å². The zero-order valence-corrected chi connectivity index (χ0v) is 13.0. The van der Waals surface area contributed by atoms with Crippen molar-refractivity contribution in [3.05, 3.63) is 28.2 Å². The molecule has 1 aliphatic carbocycles. The average molecular weight is 345 g/mol. The summed E-state index contributed by atoms with van der Waals surface area (Å²) >= 11 is 13.3. The Kier molecular flexibility index (Phi) is 4.10. The van der Waals surface area contributed by atoms with Gasteiger partial charge in [0.1, 0.15) is 0 Å². The molecule has 0 radical (unpaired) electrons. The van der Waals surface area contributed by atoms with Crippen LogP contribution in [0.25, 0.3) is 11.5 Å². The van der Waals surface area contributed by atoms with E-state index in [1.165, 1.54) is 11.8 Å². The first-order valence-electron chi connectivity index (χ1n) is 6.21. The minimum Gasteiger partial charge on any atom is -0.481 e. The first kappa shape index (κ1) is 14.7. The molecule has 110 valence electrons. The first-order chi connectivity index (χ1) is 10.0. The fraction of sp³-hybridized carbons (Fsp3) is 0.308. The van der Waals surface area contributed by atoms with Crippen LogP contribution in [0.2, 0.25) is 10.0 Å². The molecule has 2 aromatic rings. The second-order valence-electron chi connectivity index (χ2n) is 4.74. The highest BCUT2D eigenvalue weighted by atomic mass is 35.5. The number of hydrogen-bond donors (Lipinski definition) is 1. The van der Waals surface area contributed by atoms with E-state index in [9.17, 15) is 4.79 Å². The van der Waals surface area contributed by atoms with E-state index in [-0.39, 0.29) is 11.2 Å². The third-order valence-electron chi connectivity index (χ3n) is 3.28. The molecule has 1 saturated carbocycles. The molecule has 0 atom stereocenters. The maximum atomic E-state index is 10.7. The van der Waals surface area contributed by atoms with Crippen LogP contribution in [0.5, 0.6) is 0 Å². The Morgan fingerprint density at radius 3 is 2.76 bits per heavy atom. The molecule has 0 saturated heterocycles. The highest BCUT2D eigenvalue weighted by molar-refractivity contribution is 7.99. The Bertz CT molecular complexity index is 686. The molecule has 0 amide bonds. The van der Waals surface area contributed by atoms with Gasteiger partial charge in [-0.2, -0.15) is 0 Å². The van der Waals surface area contributed by atoms with Gasteiger partial charge < -0.3 is 9.52 Å². The maximum Gasteiger partial charge on any atom is 0.306 e. The van der Waals surface area contributed by atoms with Crippen molar-refractivity contribution in [1.29, 1.82) is 0 Å². The van der Waals surface area contributed by atoms with E-state index in [1.807, 2.05) is 0 Å². The van der Waals surface area contributed by atoms with Crippen LogP contribution in [0.3, 0.4) is 0 Å². The largest absolute Gasteiger partial charge is 0.481 e. The van der Waals surface area contributed by atoms with Crippen molar-refractivity contribution in [1.82, 2.24) is 10.2 Å². The second kappa shape index (κ2) is 5.87. The molecular formula is C13H10Cl2N2O3S. The highest BCUT2D eigenvalue weighted by Crippen LogP contribution is 2.41. The lowest BCUT2D eigenvalue weighted by Gasteiger charge is -2.30. The van der Waals surface area contributed by atoms with Crippen LogP contribution in [0.4, 0.5) is 0 Å². The van der Waals surface area contributed by atoms with Crippen LogP contribution in [0.1, 0.15) is 12.8 Å². The number of carboxylic acid groups (broad SMARTS) is 1. The normalized spacial score (nSPS) is 21.0. The number of aliphatic carboxylic acids is 1. The molecule has 0 bridgehead atoms. The average Bonchev–Trinajstić information content (AvgIpc) is 2.81. The van der Waals surface area contributed by atoms with E-state index in [0.717, 1.165) is 0 Å². The molecule has 8 heteroatoms. The predicted octanol–water partition coefficient (Wildman–Crippen LogP) is 4.00. The van der Waals surface area contributed by atoms with Crippen molar-refractivity contribution in [3.8, 4) is 11.5 Å². The monoisotopic (exact) mass is 344 g/mol. The standard InChI is InChI=1S/C13H10Cl2N2O3S/c14-7-1-2-9(10(15)5-7)11-16-17-13(20-11)21-8-3-6(4-8)12(18)19/h1-2,5-6,8H,3-4H2,(H,18,19)/t6-,8+. The summed E-state index contributed by atoms with van der Waals surface area (Å²) in [6.45, 7) is 0. The SMILES string of the molecule is O=C(O)[C@H]1C[C@@H](Sc2nnc(-c3ccc(Cl)cc3Cl)o2)C1. The van der Waals surface area contributed by atoms with Gasteiger partial charge in [-0.3, -0.25) is 4.79 Å². The number of hydrogen-bond acceptors (Lipinski definition) is 5. The molecule has 0 spiro atoms. The highest BCUT2D eigenvalue weighted by Gasteiger charge is 2.36. The molecule has 1 heterocycles. The first-order valence-corrected chi connectivity index (χ1v) is 7.85. The van der Waals surface area contributed by atoms with Gasteiger partial charge in [0, 0.05) is 10.3 Å². The molecule has 1 fully saturated rings. The lowest BCUT2D eigenvalue weighted by Crippen LogP contribution is -2.32. The summed E-state index contributed by atoms with van der Waals surface area (Å²) in [7, 11) is 0. The fourth-order valence-corrected chi connectivity index (χ4v) is 3.68. The summed E-state index contributed by atoms with van der Waals surface area (Å²) in [4.78, 5) is 10.7. The van der Waals surface area contributed by atoms with E-state index in [0.29, 0.717) is 39.6 Å². The Morgan fingerprint density at radius 2 is 2.10 bits per heavy atom. The van der Waals surface area contributed by atoms with Gasteiger partial charge in [0.25, 0.3) is 5.22 Å². The van der Waals surface area contributed by atoms with E-state index in [1.54, 1.807) is 18.2 Å². The van der Waals surface area contributed by atoms with Gasteiger partial charge in [0.05, 0.1) is 16.5 Å². The number of benzene rings is 1. The maximum absolute atomic E-state index is 10.7. The van der Waals surface area contributed by atoms with Crippen molar-refractivity contribution < 1.29 is 14.3 Å². The molecule has 21 heavy (non-hydrogen) atoms. The molecule has 5 nitrogen and oxygen atoms in total. The lowest BCUT2D eigenvalue weighted by atomic mass is 9.85. The quantitative estimate of drug-likeness (QED) is 0.903. The summed E-state index contributed by atoms with van der Waals surface area (Å²) in [5.41, 5.74) is 0.623. The minimum atomic E-state index is -0.744. The van der Waals surface area contributed by atoms with Gasteiger partial charge in [-0.25, -0.2) is 0 Å². The van der Waals surface area contributed by atoms with Crippen molar-refractivity contribution in [2.24, 2.45) is 5.92 Å². The number of carboxylic acids is 1. The van der Waals surface area contributed by atoms with E-state index in [4.69, 9.17) is 32.7 Å². The van der Waals surface area contributed by atoms with Crippen LogP contribution in [-0.4, -0.2) is 26.5 Å². The number of halogens is 2. The van der Waals surface area contributed by atoms with E-state index < -0.39 is 5.97 Å². The molecule has 1 aromatic heterocycles. The van der Waals surface area contributed by atoms with Crippen LogP contribution < -0.4 is 0 Å². The van der Waals surface area contributed by atoms with Crippen molar-refractivity contribution in [3.63, 3.8) is 0 Å². The van der Waals surface area contributed by atoms with E-state index >= 15 is 0 Å². The number of rotatable bonds is 4. The minimum absolute atomic E-state index is 0.208. The molecule has 3 rings (SSSR count). The number of thioether (sulfide) groups is 1. The van der Waals surface area contributed by atoms with Gasteiger partial charge in [-0.05, 0) is 31.0 Å². The van der Waals surface area contributed by atoms with Crippen LogP contribution >= 0.6 is 35.0 Å². The molecular weight excluding hydrogens is 335 g/mol. The van der Waals surface area contributed by atoms with Gasteiger partial charge >= 0.3 is 5.97 Å². The molecule has 1 aliphatic rings. The molecule has 1 aromatic carbocycles. The third kappa shape index (κ3) is 3.17. The predicted molar refractivity (Wildman–Crippen MR) is 79.8 cm³/mol. The van der Waals surface area contributed by atoms with Gasteiger partial charge in [-0.15, -0.1) is 10.2 Å². The third-order valence-corrected chi connectivity index (χ3v) is 4.91. The van der Waals surface area contributed by atoms with Crippen LogP contribution in [-0.2, 0) is 4.79 Å². The summed E-state index contributed by atoms with van der Waals surface area (Å²) in [5, 5.41) is 18.4. The van der Waals surface area contributed by atoms with Crippen molar-refractivity contribution >= 4 is 40.9 Å². The Balaban J connectivity index is 1.68. The number of aromatic nitrogens is 2. The Hall–Kier alpha value is -1.24. The zero-order chi connectivity index (χ0) is 15.0. The fourth-order valence-electron chi connectivity index (χ4n) is 2.04. The number of nitrogens with zero attached hydrogens (tertiary/aromatic N) is 2. The second-order valence-corrected chi connectivity index (χ2v) is 6.84. The Morgan fingerprint density at radius 1 is 1.33 bits per heavy atom. The van der Waals surface area contributed by atoms with Crippen molar-refractivity contribution in [2.75, 3.05) is 0 Å². The van der Waals surface area contributed by atoms with E-state index in [2.05, 4.69) is 10.2 Å². The van der Waals surface area contributed by atoms with Gasteiger partial charge in [0.15, 0.2) is 0 Å². The molecule has 0 unspecified atom stereocenters. The summed E-state index contributed by atoms with van der Waals surface area (Å²) < 4.78 is 5.56. The number of carbonyl (C=O) groups is 1.